The number of methoxy groups -OCH3 is 1. The first-order chi connectivity index (χ1) is 13.2. The van der Waals surface area contributed by atoms with Crippen molar-refractivity contribution in [2.45, 2.75) is 38.5 Å². The van der Waals surface area contributed by atoms with Gasteiger partial charge in [0.15, 0.2) is 0 Å². The molecule has 0 saturated carbocycles. The summed E-state index contributed by atoms with van der Waals surface area (Å²) in [5, 5.41) is 10.8. The summed E-state index contributed by atoms with van der Waals surface area (Å²) in [6, 6.07) is 16.3. The number of hydrogen-bond donors (Lipinski definition) is 1. The van der Waals surface area contributed by atoms with Gasteiger partial charge in [0.1, 0.15) is 11.6 Å². The number of likely N-dealkylation sites (tertiary alicyclic amines) is 1. The Kier molecular flexibility index (Phi) is 5.14. The molecule has 0 bridgehead atoms. The fraction of sp³-hybridized carbons (Fsp3) is 0.409. The molecule has 2 aromatic carbocycles. The molecule has 1 aliphatic heterocycles. The zero-order chi connectivity index (χ0) is 18.8. The number of aliphatic hydroxyl groups excluding tert-OH is 1. The van der Waals surface area contributed by atoms with E-state index in [1.165, 1.54) is 5.52 Å². The number of ether oxygens (including phenoxy) is 1. The van der Waals surface area contributed by atoms with E-state index >= 15 is 0 Å². The van der Waals surface area contributed by atoms with Crippen LogP contribution in [-0.2, 0) is 13.1 Å². The van der Waals surface area contributed by atoms with Crippen LogP contribution in [0.15, 0.2) is 48.5 Å². The van der Waals surface area contributed by atoms with E-state index in [9.17, 15) is 5.11 Å². The summed E-state index contributed by atoms with van der Waals surface area (Å²) in [5.74, 6) is 2.07. The molecule has 3 aromatic rings. The average molecular weight is 365 g/mol. The van der Waals surface area contributed by atoms with Gasteiger partial charge in [0, 0.05) is 19.0 Å². The van der Waals surface area contributed by atoms with Crippen LogP contribution in [0.5, 0.6) is 5.75 Å². The van der Waals surface area contributed by atoms with E-state index < -0.39 is 0 Å². The summed E-state index contributed by atoms with van der Waals surface area (Å²) in [4.78, 5) is 7.14. The van der Waals surface area contributed by atoms with E-state index in [0.717, 1.165) is 48.7 Å². The van der Waals surface area contributed by atoms with Gasteiger partial charge in [-0.3, -0.25) is 4.90 Å². The molecule has 1 saturated heterocycles. The van der Waals surface area contributed by atoms with E-state index in [0.29, 0.717) is 6.54 Å². The molecule has 1 aliphatic rings. The summed E-state index contributed by atoms with van der Waals surface area (Å²) < 4.78 is 7.61. The van der Waals surface area contributed by atoms with Crippen LogP contribution in [0, 0.1) is 0 Å². The Balaban J connectivity index is 1.49. The standard InChI is InChI=1S/C22H27N3O2/c1-3-25-20-10-5-4-9-19(20)23-22(25)15-24-12-11-18(21(26)14-24)16-7-6-8-17(13-16)27-2/h4-10,13,18,21,26H,3,11-12,14-15H2,1-2H3/t18-,21+/m0/s1. The minimum Gasteiger partial charge on any atom is -0.497 e. The quantitative estimate of drug-likeness (QED) is 0.753. The summed E-state index contributed by atoms with van der Waals surface area (Å²) in [6.07, 6.45) is 0.547. The SMILES string of the molecule is CCn1c(CN2CC[C@@H](c3cccc(OC)c3)[C@H](O)C2)nc2ccccc21. The van der Waals surface area contributed by atoms with Gasteiger partial charge in [0.25, 0.3) is 0 Å². The first-order valence-electron chi connectivity index (χ1n) is 9.68. The van der Waals surface area contributed by atoms with E-state index in [2.05, 4.69) is 40.7 Å². The van der Waals surface area contributed by atoms with E-state index in [4.69, 9.17) is 9.72 Å². The third-order valence-electron chi connectivity index (χ3n) is 5.60. The highest BCUT2D eigenvalue weighted by Crippen LogP contribution is 2.31. The summed E-state index contributed by atoms with van der Waals surface area (Å²) in [7, 11) is 1.68. The molecule has 5 nitrogen and oxygen atoms in total. The van der Waals surface area contributed by atoms with Crippen molar-refractivity contribution in [1.82, 2.24) is 14.5 Å². The van der Waals surface area contributed by atoms with Crippen LogP contribution >= 0.6 is 0 Å². The summed E-state index contributed by atoms with van der Waals surface area (Å²) >= 11 is 0. The van der Waals surface area contributed by atoms with Crippen molar-refractivity contribution in [3.8, 4) is 5.75 Å². The normalized spacial score (nSPS) is 20.9. The van der Waals surface area contributed by atoms with Crippen LogP contribution in [0.4, 0.5) is 0 Å². The van der Waals surface area contributed by atoms with Crippen molar-refractivity contribution in [3.05, 3.63) is 59.9 Å². The van der Waals surface area contributed by atoms with Gasteiger partial charge < -0.3 is 14.4 Å². The van der Waals surface area contributed by atoms with Crippen molar-refractivity contribution in [3.63, 3.8) is 0 Å². The second-order valence-electron chi connectivity index (χ2n) is 7.24. The first-order valence-corrected chi connectivity index (χ1v) is 9.68. The van der Waals surface area contributed by atoms with Crippen molar-refractivity contribution >= 4 is 11.0 Å². The number of aliphatic hydroxyl groups is 1. The summed E-state index contributed by atoms with van der Waals surface area (Å²) in [5.41, 5.74) is 3.38. The number of aryl methyl sites for hydroxylation is 1. The Morgan fingerprint density at radius 1 is 1.19 bits per heavy atom. The largest absolute Gasteiger partial charge is 0.497 e. The molecule has 1 fully saturated rings. The second kappa shape index (κ2) is 7.71. The van der Waals surface area contributed by atoms with Gasteiger partial charge in [-0.2, -0.15) is 0 Å². The second-order valence-corrected chi connectivity index (χ2v) is 7.24. The third-order valence-corrected chi connectivity index (χ3v) is 5.60. The zero-order valence-electron chi connectivity index (χ0n) is 16.0. The Morgan fingerprint density at radius 3 is 2.81 bits per heavy atom. The molecule has 5 heteroatoms. The van der Waals surface area contributed by atoms with Gasteiger partial charge in [0.2, 0.25) is 0 Å². The highest BCUT2D eigenvalue weighted by atomic mass is 16.5. The topological polar surface area (TPSA) is 50.5 Å². The molecule has 0 radical (unpaired) electrons. The maximum atomic E-state index is 10.8. The Labute approximate surface area is 160 Å². The first kappa shape index (κ1) is 18.0. The van der Waals surface area contributed by atoms with Crippen LogP contribution in [0.2, 0.25) is 0 Å². The molecular formula is C22H27N3O2. The lowest BCUT2D eigenvalue weighted by Gasteiger charge is -2.36. The van der Waals surface area contributed by atoms with Crippen LogP contribution in [-0.4, -0.2) is 45.9 Å². The fourth-order valence-electron chi connectivity index (χ4n) is 4.20. The lowest BCUT2D eigenvalue weighted by atomic mass is 9.87. The number of imidazole rings is 1. The zero-order valence-corrected chi connectivity index (χ0v) is 16.0. The Bertz CT molecular complexity index is 921. The summed E-state index contributed by atoms with van der Waals surface area (Å²) in [6.45, 7) is 5.44. The number of β-amino-alcohol motifs (C(OH)–C–C–N with tert-alkyl or cyclic N) is 1. The number of benzene rings is 2. The molecule has 0 unspecified atom stereocenters. The van der Waals surface area contributed by atoms with Gasteiger partial charge in [0.05, 0.1) is 30.8 Å². The number of fused-ring (bicyclic) bond motifs is 1. The number of aromatic nitrogens is 2. The smallest absolute Gasteiger partial charge is 0.124 e. The Morgan fingerprint density at radius 2 is 2.04 bits per heavy atom. The lowest BCUT2D eigenvalue weighted by molar-refractivity contribution is 0.0460. The molecule has 0 aliphatic carbocycles. The van der Waals surface area contributed by atoms with Crippen molar-refractivity contribution in [2.24, 2.45) is 0 Å². The molecule has 142 valence electrons. The van der Waals surface area contributed by atoms with Crippen molar-refractivity contribution in [2.75, 3.05) is 20.2 Å². The predicted molar refractivity (Wildman–Crippen MR) is 107 cm³/mol. The molecule has 27 heavy (non-hydrogen) atoms. The molecule has 2 heterocycles. The average Bonchev–Trinajstić information content (AvgIpc) is 3.05. The molecule has 0 amide bonds. The monoisotopic (exact) mass is 365 g/mol. The molecule has 4 rings (SSSR count). The number of hydrogen-bond acceptors (Lipinski definition) is 4. The number of nitrogens with zero attached hydrogens (tertiary/aromatic N) is 3. The van der Waals surface area contributed by atoms with Crippen LogP contribution in [0.1, 0.15) is 30.7 Å². The number of piperidine rings is 1. The highest BCUT2D eigenvalue weighted by Gasteiger charge is 2.29. The van der Waals surface area contributed by atoms with E-state index in [1.54, 1.807) is 7.11 Å². The minimum atomic E-state index is -0.384. The van der Waals surface area contributed by atoms with Gasteiger partial charge in [-0.25, -0.2) is 4.98 Å². The fourth-order valence-corrected chi connectivity index (χ4v) is 4.20. The van der Waals surface area contributed by atoms with Crippen LogP contribution in [0.3, 0.4) is 0 Å². The number of rotatable bonds is 5. The molecule has 0 spiro atoms. The van der Waals surface area contributed by atoms with Gasteiger partial charge in [-0.15, -0.1) is 0 Å². The van der Waals surface area contributed by atoms with Crippen molar-refractivity contribution in [1.29, 1.82) is 0 Å². The van der Waals surface area contributed by atoms with E-state index in [1.807, 2.05) is 24.3 Å². The van der Waals surface area contributed by atoms with Gasteiger partial charge in [-0.05, 0) is 49.7 Å². The number of para-hydroxylation sites is 2. The molecular weight excluding hydrogens is 338 g/mol. The highest BCUT2D eigenvalue weighted by molar-refractivity contribution is 5.75. The molecule has 1 aromatic heterocycles. The van der Waals surface area contributed by atoms with Gasteiger partial charge in [-0.1, -0.05) is 24.3 Å². The maximum Gasteiger partial charge on any atom is 0.124 e. The lowest BCUT2D eigenvalue weighted by Crippen LogP contribution is -2.42. The van der Waals surface area contributed by atoms with Gasteiger partial charge >= 0.3 is 0 Å². The van der Waals surface area contributed by atoms with Crippen LogP contribution < -0.4 is 4.74 Å². The maximum absolute atomic E-state index is 10.8. The van der Waals surface area contributed by atoms with Crippen LogP contribution in [0.25, 0.3) is 11.0 Å². The van der Waals surface area contributed by atoms with E-state index in [-0.39, 0.29) is 12.0 Å². The van der Waals surface area contributed by atoms with Crippen molar-refractivity contribution < 1.29 is 9.84 Å². The minimum absolute atomic E-state index is 0.154. The predicted octanol–water partition coefficient (Wildman–Crippen LogP) is 3.42. The third kappa shape index (κ3) is 3.57. The Hall–Kier alpha value is -2.37. The molecule has 2 atom stereocenters. The molecule has 1 N–H and O–H groups in total.